The predicted octanol–water partition coefficient (Wildman–Crippen LogP) is 4.85. The SMILES string of the molecule is Cc1cc(-c2ccc3[nH]c(CN4CCC[C@@H]4CO)cc3c2)nc(C2=CCCCC2)n1. The summed E-state index contributed by atoms with van der Waals surface area (Å²) >= 11 is 0. The maximum absolute atomic E-state index is 9.59. The van der Waals surface area contributed by atoms with Crippen LogP contribution in [0.5, 0.6) is 0 Å². The zero-order valence-electron chi connectivity index (χ0n) is 17.7. The highest BCUT2D eigenvalue weighted by molar-refractivity contribution is 5.85. The molecule has 0 spiro atoms. The van der Waals surface area contributed by atoms with Crippen molar-refractivity contribution in [2.45, 2.75) is 58.0 Å². The van der Waals surface area contributed by atoms with E-state index in [1.54, 1.807) is 0 Å². The van der Waals surface area contributed by atoms with Crippen LogP contribution < -0.4 is 0 Å². The maximum Gasteiger partial charge on any atom is 0.155 e. The number of fused-ring (bicyclic) bond motifs is 1. The van der Waals surface area contributed by atoms with E-state index in [-0.39, 0.29) is 6.61 Å². The van der Waals surface area contributed by atoms with Crippen molar-refractivity contribution in [2.75, 3.05) is 13.2 Å². The van der Waals surface area contributed by atoms with Crippen molar-refractivity contribution >= 4 is 16.5 Å². The molecule has 0 saturated carbocycles. The van der Waals surface area contributed by atoms with Gasteiger partial charge in [-0.2, -0.15) is 0 Å². The fourth-order valence-corrected chi connectivity index (χ4v) is 4.87. The lowest BCUT2D eigenvalue weighted by Crippen LogP contribution is -2.31. The Hall–Kier alpha value is -2.50. The summed E-state index contributed by atoms with van der Waals surface area (Å²) in [4.78, 5) is 15.6. The van der Waals surface area contributed by atoms with E-state index < -0.39 is 0 Å². The first-order valence-electron chi connectivity index (χ1n) is 11.2. The van der Waals surface area contributed by atoms with E-state index in [1.807, 2.05) is 0 Å². The molecule has 1 aliphatic carbocycles. The third-order valence-corrected chi connectivity index (χ3v) is 6.49. The lowest BCUT2D eigenvalue weighted by atomic mass is 9.98. The minimum absolute atomic E-state index is 0.246. The number of hydrogen-bond donors (Lipinski definition) is 2. The molecule has 3 heterocycles. The molecule has 1 aliphatic heterocycles. The van der Waals surface area contributed by atoms with E-state index in [9.17, 15) is 5.11 Å². The third-order valence-electron chi connectivity index (χ3n) is 6.49. The third kappa shape index (κ3) is 3.92. The minimum Gasteiger partial charge on any atom is -0.395 e. The molecule has 0 unspecified atom stereocenters. The average molecular weight is 403 g/mol. The van der Waals surface area contributed by atoms with Gasteiger partial charge in [-0.3, -0.25) is 4.90 Å². The van der Waals surface area contributed by atoms with E-state index >= 15 is 0 Å². The Morgan fingerprint density at radius 2 is 2.07 bits per heavy atom. The Labute approximate surface area is 177 Å². The van der Waals surface area contributed by atoms with Crippen LogP contribution in [-0.4, -0.2) is 44.2 Å². The summed E-state index contributed by atoms with van der Waals surface area (Å²) in [5, 5.41) is 10.8. The van der Waals surface area contributed by atoms with Crippen LogP contribution in [0, 0.1) is 6.92 Å². The topological polar surface area (TPSA) is 65.0 Å². The van der Waals surface area contributed by atoms with Crippen molar-refractivity contribution in [3.05, 3.63) is 53.6 Å². The van der Waals surface area contributed by atoms with Gasteiger partial charge in [0.15, 0.2) is 5.82 Å². The van der Waals surface area contributed by atoms with Crippen LogP contribution in [0.2, 0.25) is 0 Å². The molecule has 5 nitrogen and oxygen atoms in total. The van der Waals surface area contributed by atoms with Crippen LogP contribution in [0.3, 0.4) is 0 Å². The molecule has 5 rings (SSSR count). The Kier molecular flexibility index (Phi) is 5.40. The number of H-pyrrole nitrogens is 1. The van der Waals surface area contributed by atoms with Crippen molar-refractivity contribution in [2.24, 2.45) is 0 Å². The van der Waals surface area contributed by atoms with Crippen LogP contribution in [0.15, 0.2) is 36.4 Å². The molecule has 5 heteroatoms. The Morgan fingerprint density at radius 3 is 2.90 bits per heavy atom. The second-order valence-electron chi connectivity index (χ2n) is 8.74. The van der Waals surface area contributed by atoms with E-state index in [0.29, 0.717) is 6.04 Å². The number of likely N-dealkylation sites (tertiary alicyclic amines) is 1. The molecule has 156 valence electrons. The zero-order chi connectivity index (χ0) is 20.5. The van der Waals surface area contributed by atoms with Crippen LogP contribution in [0.1, 0.15) is 55.7 Å². The van der Waals surface area contributed by atoms with Crippen molar-refractivity contribution < 1.29 is 5.11 Å². The second kappa shape index (κ2) is 8.32. The lowest BCUT2D eigenvalue weighted by Gasteiger charge is -2.21. The molecule has 1 saturated heterocycles. The van der Waals surface area contributed by atoms with Crippen molar-refractivity contribution in [3.8, 4) is 11.3 Å². The highest BCUT2D eigenvalue weighted by Crippen LogP contribution is 2.29. The number of aromatic amines is 1. The number of aliphatic hydroxyl groups excluding tert-OH is 1. The molecule has 0 amide bonds. The predicted molar refractivity (Wildman–Crippen MR) is 121 cm³/mol. The van der Waals surface area contributed by atoms with Gasteiger partial charge in [-0.15, -0.1) is 0 Å². The standard InChI is InChI=1S/C25H30N4O/c1-17-12-24(28-25(26-17)18-6-3-2-4-7-18)19-9-10-23-20(13-19)14-21(27-23)15-29-11-5-8-22(29)16-30/h6,9-10,12-14,22,27,30H,2-5,7-8,11,15-16H2,1H3/t22-/m1/s1. The normalized spacial score (nSPS) is 20.1. The first kappa shape index (κ1) is 19.5. The first-order valence-corrected chi connectivity index (χ1v) is 11.2. The monoisotopic (exact) mass is 402 g/mol. The molecule has 2 N–H and O–H groups in total. The fourth-order valence-electron chi connectivity index (χ4n) is 4.87. The van der Waals surface area contributed by atoms with E-state index in [0.717, 1.165) is 60.6 Å². The molecular formula is C25H30N4O. The van der Waals surface area contributed by atoms with E-state index in [1.165, 1.54) is 35.9 Å². The molecule has 30 heavy (non-hydrogen) atoms. The van der Waals surface area contributed by atoms with E-state index in [4.69, 9.17) is 9.97 Å². The van der Waals surface area contributed by atoms with Gasteiger partial charge in [0.05, 0.1) is 12.3 Å². The molecule has 1 aromatic carbocycles. The summed E-state index contributed by atoms with van der Waals surface area (Å²) in [5.74, 6) is 0.892. The molecule has 3 aromatic rings. The number of nitrogens with one attached hydrogen (secondary N) is 1. The minimum atomic E-state index is 0.246. The first-order chi connectivity index (χ1) is 14.7. The Balaban J connectivity index is 1.44. The number of aryl methyl sites for hydroxylation is 1. The molecule has 1 fully saturated rings. The molecule has 1 atom stereocenters. The Bertz CT molecular complexity index is 1080. The summed E-state index contributed by atoms with van der Waals surface area (Å²) in [6, 6.07) is 11.1. The molecule has 2 aromatic heterocycles. The lowest BCUT2D eigenvalue weighted by molar-refractivity contribution is 0.152. The summed E-state index contributed by atoms with van der Waals surface area (Å²) in [6.07, 6.45) is 9.27. The fraction of sp³-hybridized carbons (Fsp3) is 0.440. The number of benzene rings is 1. The Morgan fingerprint density at radius 1 is 1.13 bits per heavy atom. The van der Waals surface area contributed by atoms with Crippen molar-refractivity contribution in [1.82, 2.24) is 19.9 Å². The summed E-state index contributed by atoms with van der Waals surface area (Å²) in [7, 11) is 0. The maximum atomic E-state index is 9.59. The van der Waals surface area contributed by atoms with Gasteiger partial charge in [0.1, 0.15) is 0 Å². The van der Waals surface area contributed by atoms with Gasteiger partial charge in [-0.25, -0.2) is 9.97 Å². The summed E-state index contributed by atoms with van der Waals surface area (Å²) in [5.41, 5.74) is 6.78. The highest BCUT2D eigenvalue weighted by atomic mass is 16.3. The van der Waals surface area contributed by atoms with Gasteiger partial charge in [0.2, 0.25) is 0 Å². The highest BCUT2D eigenvalue weighted by Gasteiger charge is 2.24. The van der Waals surface area contributed by atoms with Gasteiger partial charge in [0.25, 0.3) is 0 Å². The zero-order valence-corrected chi connectivity index (χ0v) is 17.7. The summed E-state index contributed by atoms with van der Waals surface area (Å²) in [6.45, 7) is 4.22. The van der Waals surface area contributed by atoms with Crippen molar-refractivity contribution in [1.29, 1.82) is 0 Å². The quantitative estimate of drug-likeness (QED) is 0.640. The summed E-state index contributed by atoms with van der Waals surface area (Å²) < 4.78 is 0. The molecular weight excluding hydrogens is 372 g/mol. The average Bonchev–Trinajstić information content (AvgIpc) is 3.39. The second-order valence-corrected chi connectivity index (χ2v) is 8.74. The number of rotatable bonds is 5. The number of allylic oxidation sites excluding steroid dienone is 2. The number of hydrogen-bond acceptors (Lipinski definition) is 4. The molecule has 0 bridgehead atoms. The number of nitrogens with zero attached hydrogens (tertiary/aromatic N) is 3. The smallest absolute Gasteiger partial charge is 0.155 e. The van der Waals surface area contributed by atoms with E-state index in [2.05, 4.69) is 53.2 Å². The van der Waals surface area contributed by atoms with Gasteiger partial charge >= 0.3 is 0 Å². The van der Waals surface area contributed by atoms with Crippen LogP contribution in [-0.2, 0) is 6.54 Å². The van der Waals surface area contributed by atoms with Crippen LogP contribution in [0.4, 0.5) is 0 Å². The van der Waals surface area contributed by atoms with Gasteiger partial charge in [-0.1, -0.05) is 12.1 Å². The largest absolute Gasteiger partial charge is 0.395 e. The number of aromatic nitrogens is 3. The van der Waals surface area contributed by atoms with Gasteiger partial charge < -0.3 is 10.1 Å². The van der Waals surface area contributed by atoms with Crippen LogP contribution >= 0.6 is 0 Å². The van der Waals surface area contributed by atoms with Gasteiger partial charge in [0, 0.05) is 40.4 Å². The van der Waals surface area contributed by atoms with Gasteiger partial charge in [-0.05, 0) is 81.8 Å². The molecule has 0 radical (unpaired) electrons. The van der Waals surface area contributed by atoms with Crippen LogP contribution in [0.25, 0.3) is 27.7 Å². The number of aliphatic hydroxyl groups is 1. The van der Waals surface area contributed by atoms with Crippen molar-refractivity contribution in [3.63, 3.8) is 0 Å². The molecule has 2 aliphatic rings.